The molecular weight excluding hydrogens is 272 g/mol. The minimum Gasteiger partial charge on any atom is -0.417 e. The highest BCUT2D eigenvalue weighted by molar-refractivity contribution is 6.74. The van der Waals surface area contributed by atoms with E-state index in [1.54, 1.807) is 0 Å². The van der Waals surface area contributed by atoms with Gasteiger partial charge >= 0.3 is 0 Å². The van der Waals surface area contributed by atoms with Gasteiger partial charge in [-0.1, -0.05) is 64.5 Å². The summed E-state index contributed by atoms with van der Waals surface area (Å²) in [6.07, 6.45) is 13.1. The molecule has 0 spiro atoms. The van der Waals surface area contributed by atoms with Gasteiger partial charge in [0.25, 0.3) is 0 Å². The van der Waals surface area contributed by atoms with E-state index in [1.807, 2.05) is 0 Å². The molecule has 0 aromatic heterocycles. The van der Waals surface area contributed by atoms with Gasteiger partial charge in [-0.25, -0.2) is 0 Å². The quantitative estimate of drug-likeness (QED) is 0.225. The standard InChI is InChI=1S/C19H40OSi/c1-18(2)16-14-12-10-8-9-11-13-15-17-20-21(6,7)19(3,4)5/h16H,8-15,17H2,1-7H3. The molecule has 126 valence electrons. The van der Waals surface area contributed by atoms with E-state index in [1.165, 1.54) is 56.9 Å². The number of rotatable bonds is 11. The Hall–Kier alpha value is -0.0831. The zero-order valence-electron chi connectivity index (χ0n) is 15.8. The summed E-state index contributed by atoms with van der Waals surface area (Å²) in [6.45, 7) is 17.0. The minimum atomic E-state index is -1.51. The van der Waals surface area contributed by atoms with Crippen LogP contribution in [0, 0.1) is 0 Å². The van der Waals surface area contributed by atoms with E-state index in [4.69, 9.17) is 4.43 Å². The molecule has 0 aromatic rings. The SMILES string of the molecule is CC(C)=CCCCCCCCCCO[Si](C)(C)C(C)(C)C. The number of hydrogen-bond acceptors (Lipinski definition) is 1. The Bertz CT molecular complexity index is 282. The molecule has 0 heterocycles. The third-order valence-electron chi connectivity index (χ3n) is 4.67. The van der Waals surface area contributed by atoms with E-state index in [9.17, 15) is 0 Å². The van der Waals surface area contributed by atoms with Crippen LogP contribution in [-0.4, -0.2) is 14.9 Å². The molecule has 0 bridgehead atoms. The molecule has 0 saturated carbocycles. The van der Waals surface area contributed by atoms with Gasteiger partial charge in [0.15, 0.2) is 8.32 Å². The van der Waals surface area contributed by atoms with Crippen LogP contribution in [0.1, 0.15) is 86.0 Å². The molecule has 0 amide bonds. The van der Waals surface area contributed by atoms with Crippen molar-refractivity contribution >= 4 is 8.32 Å². The van der Waals surface area contributed by atoms with Gasteiger partial charge in [0.2, 0.25) is 0 Å². The third kappa shape index (κ3) is 11.2. The van der Waals surface area contributed by atoms with Gasteiger partial charge in [0.1, 0.15) is 0 Å². The van der Waals surface area contributed by atoms with E-state index < -0.39 is 8.32 Å². The lowest BCUT2D eigenvalue weighted by Gasteiger charge is -2.36. The molecule has 0 radical (unpaired) electrons. The van der Waals surface area contributed by atoms with Crippen molar-refractivity contribution in [3.63, 3.8) is 0 Å². The fraction of sp³-hybridized carbons (Fsp3) is 0.895. The van der Waals surface area contributed by atoms with Crippen molar-refractivity contribution in [3.05, 3.63) is 11.6 Å². The van der Waals surface area contributed by atoms with Crippen LogP contribution in [0.5, 0.6) is 0 Å². The lowest BCUT2D eigenvalue weighted by Crippen LogP contribution is -2.40. The Morgan fingerprint density at radius 1 is 0.857 bits per heavy atom. The summed E-state index contributed by atoms with van der Waals surface area (Å²) in [6, 6.07) is 0. The van der Waals surface area contributed by atoms with Crippen molar-refractivity contribution in [1.29, 1.82) is 0 Å². The van der Waals surface area contributed by atoms with Crippen LogP contribution in [-0.2, 0) is 4.43 Å². The maximum absolute atomic E-state index is 6.21. The summed E-state index contributed by atoms with van der Waals surface area (Å²) in [7, 11) is -1.51. The fourth-order valence-corrected chi connectivity index (χ4v) is 3.15. The molecule has 0 aliphatic carbocycles. The zero-order valence-corrected chi connectivity index (χ0v) is 16.8. The molecule has 0 aliphatic rings. The zero-order chi connectivity index (χ0) is 16.4. The Kier molecular flexibility index (Phi) is 10.6. The van der Waals surface area contributed by atoms with Crippen LogP contribution in [0.3, 0.4) is 0 Å². The second kappa shape index (κ2) is 10.6. The highest BCUT2D eigenvalue weighted by Gasteiger charge is 2.36. The Morgan fingerprint density at radius 2 is 1.33 bits per heavy atom. The van der Waals surface area contributed by atoms with E-state index in [2.05, 4.69) is 53.8 Å². The molecule has 0 aromatic carbocycles. The highest BCUT2D eigenvalue weighted by Crippen LogP contribution is 2.36. The van der Waals surface area contributed by atoms with Crippen molar-refractivity contribution in [2.45, 2.75) is 104 Å². The minimum absolute atomic E-state index is 0.346. The predicted octanol–water partition coefficient (Wildman–Crippen LogP) is 7.10. The Balaban J connectivity index is 3.40. The first-order valence-electron chi connectivity index (χ1n) is 8.94. The van der Waals surface area contributed by atoms with Crippen molar-refractivity contribution < 1.29 is 4.43 Å². The average Bonchev–Trinajstić information content (AvgIpc) is 2.34. The van der Waals surface area contributed by atoms with E-state index in [0.29, 0.717) is 5.04 Å². The number of allylic oxidation sites excluding steroid dienone is 2. The lowest BCUT2D eigenvalue weighted by atomic mass is 10.1. The van der Waals surface area contributed by atoms with E-state index in [0.717, 1.165) is 6.61 Å². The van der Waals surface area contributed by atoms with Crippen molar-refractivity contribution in [3.8, 4) is 0 Å². The van der Waals surface area contributed by atoms with Crippen LogP contribution >= 0.6 is 0 Å². The smallest absolute Gasteiger partial charge is 0.191 e. The van der Waals surface area contributed by atoms with Crippen LogP contribution in [0.15, 0.2) is 11.6 Å². The molecule has 0 aliphatic heterocycles. The molecule has 0 atom stereocenters. The van der Waals surface area contributed by atoms with Gasteiger partial charge in [-0.05, 0) is 51.2 Å². The second-order valence-electron chi connectivity index (χ2n) is 8.15. The van der Waals surface area contributed by atoms with Gasteiger partial charge in [-0.15, -0.1) is 0 Å². The topological polar surface area (TPSA) is 9.23 Å². The lowest BCUT2D eigenvalue weighted by molar-refractivity contribution is 0.277. The van der Waals surface area contributed by atoms with E-state index >= 15 is 0 Å². The molecular formula is C19H40OSi. The van der Waals surface area contributed by atoms with Crippen LogP contribution in [0.25, 0.3) is 0 Å². The molecule has 1 nitrogen and oxygen atoms in total. The average molecular weight is 313 g/mol. The van der Waals surface area contributed by atoms with Gasteiger partial charge in [0, 0.05) is 6.61 Å². The molecule has 0 fully saturated rings. The Morgan fingerprint density at radius 3 is 1.81 bits per heavy atom. The molecule has 0 unspecified atom stereocenters. The van der Waals surface area contributed by atoms with Gasteiger partial charge in [0.05, 0.1) is 0 Å². The summed E-state index contributed by atoms with van der Waals surface area (Å²) < 4.78 is 6.21. The molecule has 2 heteroatoms. The summed E-state index contributed by atoms with van der Waals surface area (Å²) in [5.74, 6) is 0. The van der Waals surface area contributed by atoms with Crippen LogP contribution < -0.4 is 0 Å². The molecule has 21 heavy (non-hydrogen) atoms. The van der Waals surface area contributed by atoms with E-state index in [-0.39, 0.29) is 0 Å². The third-order valence-corrected chi connectivity index (χ3v) is 9.21. The number of hydrogen-bond donors (Lipinski definition) is 0. The van der Waals surface area contributed by atoms with Crippen LogP contribution in [0.2, 0.25) is 18.1 Å². The first kappa shape index (κ1) is 20.9. The molecule has 0 rings (SSSR count). The normalized spacial score (nSPS) is 12.5. The predicted molar refractivity (Wildman–Crippen MR) is 99.5 cm³/mol. The molecule has 0 N–H and O–H groups in total. The Labute approximate surface area is 135 Å². The van der Waals surface area contributed by atoms with Crippen molar-refractivity contribution in [2.24, 2.45) is 0 Å². The summed E-state index contributed by atoms with van der Waals surface area (Å²) >= 11 is 0. The highest BCUT2D eigenvalue weighted by atomic mass is 28.4. The van der Waals surface area contributed by atoms with Crippen molar-refractivity contribution in [1.82, 2.24) is 0 Å². The first-order chi connectivity index (χ1) is 9.67. The van der Waals surface area contributed by atoms with Crippen LogP contribution in [0.4, 0.5) is 0 Å². The van der Waals surface area contributed by atoms with Gasteiger partial charge in [-0.3, -0.25) is 0 Å². The monoisotopic (exact) mass is 312 g/mol. The summed E-state index contributed by atoms with van der Waals surface area (Å²) in [4.78, 5) is 0. The maximum Gasteiger partial charge on any atom is 0.191 e. The molecule has 0 saturated heterocycles. The maximum atomic E-state index is 6.21. The van der Waals surface area contributed by atoms with Gasteiger partial charge in [-0.2, -0.15) is 0 Å². The first-order valence-corrected chi connectivity index (χ1v) is 11.8. The van der Waals surface area contributed by atoms with Crippen molar-refractivity contribution in [2.75, 3.05) is 6.61 Å². The largest absolute Gasteiger partial charge is 0.417 e. The second-order valence-corrected chi connectivity index (χ2v) is 13.0. The summed E-state index contributed by atoms with van der Waals surface area (Å²) in [5, 5.41) is 0.346. The summed E-state index contributed by atoms with van der Waals surface area (Å²) in [5.41, 5.74) is 1.46. The fourth-order valence-electron chi connectivity index (χ4n) is 2.06. The number of unbranched alkanes of at least 4 members (excludes halogenated alkanes) is 7. The van der Waals surface area contributed by atoms with Gasteiger partial charge < -0.3 is 4.43 Å².